The Morgan fingerprint density at radius 2 is 1.78 bits per heavy atom. The number of hydrogen-bond acceptors (Lipinski definition) is 10. The summed E-state index contributed by atoms with van der Waals surface area (Å²) in [5.41, 5.74) is 6.14. The molecule has 2 aliphatic heterocycles. The van der Waals surface area contributed by atoms with Gasteiger partial charge in [0.05, 0.1) is 18.8 Å². The van der Waals surface area contributed by atoms with Crippen LogP contribution in [0.1, 0.15) is 45.4 Å². The molecule has 0 spiro atoms. The van der Waals surface area contributed by atoms with Crippen molar-refractivity contribution in [2.24, 2.45) is 5.92 Å². The zero-order valence-electron chi connectivity index (χ0n) is 29.7. The van der Waals surface area contributed by atoms with E-state index in [1.54, 1.807) is 11.1 Å². The van der Waals surface area contributed by atoms with Crippen molar-refractivity contribution in [2.45, 2.75) is 50.9 Å². The highest BCUT2D eigenvalue weighted by Crippen LogP contribution is 2.38. The number of aromatic nitrogens is 4. The van der Waals surface area contributed by atoms with E-state index < -0.39 is 35.6 Å². The zero-order chi connectivity index (χ0) is 38.1. The molecule has 2 unspecified atom stereocenters. The van der Waals surface area contributed by atoms with Crippen LogP contribution in [0.25, 0.3) is 10.6 Å². The molecule has 3 aromatic heterocycles. The minimum Gasteiger partial charge on any atom is -0.437 e. The molecule has 12 nitrogen and oxygen atoms in total. The van der Waals surface area contributed by atoms with Crippen molar-refractivity contribution >= 4 is 28.8 Å². The van der Waals surface area contributed by atoms with E-state index in [4.69, 9.17) is 10.5 Å². The average Bonchev–Trinajstić information content (AvgIpc) is 3.57. The molecule has 2 aromatic carbocycles. The first-order valence-electron chi connectivity index (χ1n) is 17.6. The molecule has 0 aliphatic carbocycles. The molecule has 5 aromatic rings. The number of nitrogen functional groups attached to an aromatic ring is 1. The number of likely N-dealkylation sites (tertiary alicyclic amines) is 2. The van der Waals surface area contributed by atoms with Crippen molar-refractivity contribution in [3.8, 4) is 22.2 Å². The number of amides is 2. The van der Waals surface area contributed by atoms with Crippen LogP contribution in [-0.4, -0.2) is 84.2 Å². The Balaban J connectivity index is 1.04. The van der Waals surface area contributed by atoms with Crippen LogP contribution < -0.4 is 16.0 Å². The van der Waals surface area contributed by atoms with Gasteiger partial charge in [-0.2, -0.15) is 0 Å². The molecule has 2 aliphatic rings. The lowest BCUT2D eigenvalue weighted by Crippen LogP contribution is -2.59. The van der Waals surface area contributed by atoms with Gasteiger partial charge >= 0.3 is 0 Å². The van der Waals surface area contributed by atoms with Crippen LogP contribution in [0.4, 0.5) is 14.5 Å². The van der Waals surface area contributed by atoms with Crippen LogP contribution in [0.15, 0.2) is 84.0 Å². The van der Waals surface area contributed by atoms with Crippen LogP contribution in [0.3, 0.4) is 0 Å². The van der Waals surface area contributed by atoms with E-state index in [0.29, 0.717) is 28.5 Å². The van der Waals surface area contributed by atoms with Gasteiger partial charge in [-0.3, -0.25) is 23.9 Å². The maximum Gasteiger partial charge on any atom is 0.280 e. The fraction of sp³-hybridized carbons (Fsp3) is 0.333. The summed E-state index contributed by atoms with van der Waals surface area (Å²) in [5.74, 6) is -1.77. The summed E-state index contributed by atoms with van der Waals surface area (Å²) in [6.07, 6.45) is 1.18. The van der Waals surface area contributed by atoms with Crippen molar-refractivity contribution in [2.75, 3.05) is 31.9 Å². The predicted octanol–water partition coefficient (Wildman–Crippen LogP) is 5.14. The molecule has 15 heteroatoms. The van der Waals surface area contributed by atoms with E-state index in [9.17, 15) is 23.9 Å². The van der Waals surface area contributed by atoms with E-state index in [2.05, 4.69) is 15.0 Å². The van der Waals surface area contributed by atoms with Gasteiger partial charge in [0.1, 0.15) is 39.6 Å². The highest BCUT2D eigenvalue weighted by Gasteiger charge is 2.47. The number of carbonyl (C=O) groups is 2. The number of ether oxygens (including phenoxy) is 1. The molecule has 0 saturated carbocycles. The summed E-state index contributed by atoms with van der Waals surface area (Å²) in [6, 6.07) is 18.4. The molecule has 3 N–H and O–H groups in total. The maximum absolute atomic E-state index is 16.0. The van der Waals surface area contributed by atoms with Crippen molar-refractivity contribution < 1.29 is 28.2 Å². The number of alkyl halides is 1. The number of pyridine rings is 1. The molecular formula is C39H39F2N7O5S. The average molecular weight is 756 g/mol. The van der Waals surface area contributed by atoms with E-state index in [0.717, 1.165) is 27.7 Å². The number of rotatable bonds is 8. The third-order valence-corrected chi connectivity index (χ3v) is 11.4. The number of anilines is 1. The fourth-order valence-corrected chi connectivity index (χ4v) is 8.10. The number of thiazole rings is 1. The SMILES string of the molecule is Cc1ccc(-c2nc(C)c(C(=O)N3CC[C@@H](C(=O)N4CCC(O)(Cn5cnc(Oc6ccc(F)cc6)c(N)c5=O)C(F)C4)[C@H](c4ccccc4)C3)s2)cn1. The molecule has 5 heterocycles. The van der Waals surface area contributed by atoms with Gasteiger partial charge < -0.3 is 25.4 Å². The molecule has 280 valence electrons. The molecule has 2 saturated heterocycles. The number of piperidine rings is 2. The topological polar surface area (TPSA) is 157 Å². The lowest BCUT2D eigenvalue weighted by atomic mass is 9.79. The number of halogens is 2. The van der Waals surface area contributed by atoms with Gasteiger partial charge in [-0.25, -0.2) is 18.7 Å². The van der Waals surface area contributed by atoms with Crippen molar-refractivity contribution in [1.82, 2.24) is 29.3 Å². The van der Waals surface area contributed by atoms with E-state index >= 15 is 4.39 Å². The number of nitrogens with two attached hydrogens (primary N) is 1. The Kier molecular flexibility index (Phi) is 10.3. The number of carbonyl (C=O) groups excluding carboxylic acids is 2. The van der Waals surface area contributed by atoms with Crippen LogP contribution in [0.5, 0.6) is 11.6 Å². The Labute approximate surface area is 313 Å². The largest absolute Gasteiger partial charge is 0.437 e. The molecule has 54 heavy (non-hydrogen) atoms. The number of aryl methyl sites for hydroxylation is 2. The Morgan fingerprint density at radius 3 is 2.48 bits per heavy atom. The Bertz CT molecular complexity index is 2220. The molecule has 7 rings (SSSR count). The maximum atomic E-state index is 16.0. The highest BCUT2D eigenvalue weighted by molar-refractivity contribution is 7.17. The summed E-state index contributed by atoms with van der Waals surface area (Å²) in [4.78, 5) is 58.0. The molecule has 2 amide bonds. The second kappa shape index (κ2) is 15.1. The highest BCUT2D eigenvalue weighted by atomic mass is 32.1. The number of nitrogens with zero attached hydrogens (tertiary/aromatic N) is 6. The van der Waals surface area contributed by atoms with Crippen molar-refractivity contribution in [1.29, 1.82) is 0 Å². The van der Waals surface area contributed by atoms with Crippen LogP contribution in [0, 0.1) is 25.6 Å². The van der Waals surface area contributed by atoms with Crippen molar-refractivity contribution in [3.05, 3.63) is 117 Å². The van der Waals surface area contributed by atoms with Gasteiger partial charge in [0.2, 0.25) is 11.8 Å². The second-order valence-corrected chi connectivity index (χ2v) is 14.8. The number of aliphatic hydroxyl groups is 1. The van der Waals surface area contributed by atoms with Gasteiger partial charge in [-0.05, 0) is 68.7 Å². The third-order valence-electron chi connectivity index (χ3n) is 10.2. The summed E-state index contributed by atoms with van der Waals surface area (Å²) in [5, 5.41) is 12.1. The van der Waals surface area contributed by atoms with E-state index in [-0.39, 0.29) is 61.1 Å². The molecule has 2 fully saturated rings. The monoisotopic (exact) mass is 755 g/mol. The first-order valence-corrected chi connectivity index (χ1v) is 18.4. The minimum absolute atomic E-state index is 0.0521. The van der Waals surface area contributed by atoms with Crippen molar-refractivity contribution in [3.63, 3.8) is 0 Å². The lowest BCUT2D eigenvalue weighted by Gasteiger charge is -2.44. The normalized spacial score (nSPS) is 21.5. The van der Waals surface area contributed by atoms with Gasteiger partial charge in [0, 0.05) is 48.9 Å². The molecule has 4 atom stereocenters. The third kappa shape index (κ3) is 7.46. The lowest BCUT2D eigenvalue weighted by molar-refractivity contribution is -0.149. The van der Waals surface area contributed by atoms with Gasteiger partial charge in [-0.15, -0.1) is 11.3 Å². The van der Waals surface area contributed by atoms with Gasteiger partial charge in [-0.1, -0.05) is 30.3 Å². The fourth-order valence-electron chi connectivity index (χ4n) is 7.07. The smallest absolute Gasteiger partial charge is 0.280 e. The molecule has 0 bridgehead atoms. The Morgan fingerprint density at radius 1 is 1.02 bits per heavy atom. The summed E-state index contributed by atoms with van der Waals surface area (Å²) < 4.78 is 35.8. The summed E-state index contributed by atoms with van der Waals surface area (Å²) >= 11 is 1.32. The van der Waals surface area contributed by atoms with Crippen LogP contribution in [-0.2, 0) is 11.3 Å². The standard InChI is InChI=1S/C39H39F2N7O5S/c1-23-8-9-26(18-43-23)35-45-24(2)33(54-35)38(51)46-16-14-29(30(19-46)25-6-4-3-5-7-25)36(49)47-17-15-39(52,31(41)20-47)21-48-22-44-34(32(42)37(48)50)53-28-12-10-27(40)11-13-28/h3-13,18,22,29-31,52H,14-17,19-21,42H2,1-2H3/t29-,30+,31?,39?/m1/s1. The first kappa shape index (κ1) is 36.8. The minimum atomic E-state index is -1.98. The van der Waals surface area contributed by atoms with E-state index in [1.165, 1.54) is 40.5 Å². The predicted molar refractivity (Wildman–Crippen MR) is 198 cm³/mol. The number of benzene rings is 2. The summed E-state index contributed by atoms with van der Waals surface area (Å²) in [6.45, 7) is 3.55. The van der Waals surface area contributed by atoms with E-state index in [1.807, 2.05) is 56.3 Å². The van der Waals surface area contributed by atoms with Crippen LogP contribution >= 0.6 is 11.3 Å². The number of hydrogen-bond donors (Lipinski definition) is 2. The van der Waals surface area contributed by atoms with Gasteiger partial charge in [0.15, 0.2) is 5.69 Å². The zero-order valence-corrected chi connectivity index (χ0v) is 30.5. The second-order valence-electron chi connectivity index (χ2n) is 13.8. The quantitative estimate of drug-likeness (QED) is 0.219. The Hall–Kier alpha value is -5.54. The molecular weight excluding hydrogens is 717 g/mol. The summed E-state index contributed by atoms with van der Waals surface area (Å²) in [7, 11) is 0. The molecule has 0 radical (unpaired) electrons. The van der Waals surface area contributed by atoms with Gasteiger partial charge in [0.25, 0.3) is 11.5 Å². The first-order chi connectivity index (χ1) is 25.9. The van der Waals surface area contributed by atoms with Crippen LogP contribution in [0.2, 0.25) is 0 Å².